The first-order chi connectivity index (χ1) is 15.0. The second-order valence-electron chi connectivity index (χ2n) is 10.2. The number of aliphatic hydroxyl groups is 1. The van der Waals surface area contributed by atoms with Gasteiger partial charge in [0.25, 0.3) is 0 Å². The predicted octanol–water partition coefficient (Wildman–Crippen LogP) is 3.39. The van der Waals surface area contributed by atoms with Crippen LogP contribution >= 0.6 is 0 Å². The van der Waals surface area contributed by atoms with Crippen LogP contribution in [0.15, 0.2) is 24.3 Å². The molecule has 180 valence electrons. The van der Waals surface area contributed by atoms with E-state index in [1.807, 2.05) is 37.8 Å². The number of piperidine rings is 2. The third-order valence-corrected chi connectivity index (χ3v) is 7.15. The van der Waals surface area contributed by atoms with Crippen LogP contribution in [0, 0.1) is 5.92 Å². The summed E-state index contributed by atoms with van der Waals surface area (Å²) in [5.41, 5.74) is 0.307. The molecule has 2 aliphatic heterocycles. The topological polar surface area (TPSA) is 93.1 Å². The molecule has 1 atom stereocenters. The molecule has 2 heterocycles. The lowest BCUT2D eigenvalue weighted by atomic mass is 9.84. The minimum absolute atomic E-state index is 0.00316. The van der Waals surface area contributed by atoms with Gasteiger partial charge < -0.3 is 24.2 Å². The second-order valence-corrected chi connectivity index (χ2v) is 11.1. The Bertz CT molecular complexity index is 777. The van der Waals surface area contributed by atoms with Gasteiger partial charge in [0.05, 0.1) is 5.60 Å². The van der Waals surface area contributed by atoms with Crippen molar-refractivity contribution in [3.8, 4) is 0 Å². The van der Waals surface area contributed by atoms with Gasteiger partial charge in [-0.15, -0.1) is 0 Å². The molecule has 0 spiro atoms. The molecule has 1 N–H and O–H groups in total. The van der Waals surface area contributed by atoms with E-state index < -0.39 is 22.3 Å². The van der Waals surface area contributed by atoms with Crippen LogP contribution in [0.4, 0.5) is 4.79 Å². The van der Waals surface area contributed by atoms with E-state index in [0.29, 0.717) is 18.8 Å². The Morgan fingerprint density at radius 1 is 1.16 bits per heavy atom. The molecule has 7 nitrogen and oxygen atoms in total. The molecule has 1 unspecified atom stereocenters. The summed E-state index contributed by atoms with van der Waals surface area (Å²) in [5, 5.41) is 11.1. The first-order valence-corrected chi connectivity index (χ1v) is 12.9. The standard InChI is InChI=1S/C24H38N2O5S/c1-23(2,3)31-22(27)26-14-9-19(10-15-26)8-13-25-16-11-24(28,12-17-25)21-6-4-20(5-7-21)18-32(29)30/h4-7,19,28H,8-18H2,1-3H3,(H,29,30)/p-1. The van der Waals surface area contributed by atoms with E-state index >= 15 is 0 Å². The summed E-state index contributed by atoms with van der Waals surface area (Å²) >= 11 is -2.10. The van der Waals surface area contributed by atoms with Gasteiger partial charge in [-0.05, 0) is 76.5 Å². The minimum Gasteiger partial charge on any atom is -0.772 e. The normalized spacial score (nSPS) is 21.3. The maximum Gasteiger partial charge on any atom is 0.410 e. The molecule has 0 radical (unpaired) electrons. The zero-order valence-electron chi connectivity index (χ0n) is 19.5. The summed E-state index contributed by atoms with van der Waals surface area (Å²) in [6, 6.07) is 7.30. The summed E-state index contributed by atoms with van der Waals surface area (Å²) in [7, 11) is 0. The molecule has 0 aliphatic carbocycles. The maximum atomic E-state index is 12.2. The maximum absolute atomic E-state index is 12.2. The van der Waals surface area contributed by atoms with Crippen LogP contribution < -0.4 is 0 Å². The Morgan fingerprint density at radius 2 is 1.75 bits per heavy atom. The lowest BCUT2D eigenvalue weighted by Crippen LogP contribution is -2.44. The Balaban J connectivity index is 1.39. The number of benzene rings is 1. The zero-order valence-corrected chi connectivity index (χ0v) is 20.4. The molecule has 0 aromatic heterocycles. The fourth-order valence-corrected chi connectivity index (χ4v) is 5.04. The van der Waals surface area contributed by atoms with Gasteiger partial charge in [-0.25, -0.2) is 4.79 Å². The van der Waals surface area contributed by atoms with E-state index in [9.17, 15) is 18.7 Å². The summed E-state index contributed by atoms with van der Waals surface area (Å²) in [6.07, 6.45) is 4.28. The smallest absolute Gasteiger partial charge is 0.410 e. The highest BCUT2D eigenvalue weighted by Gasteiger charge is 2.34. The monoisotopic (exact) mass is 465 g/mol. The van der Waals surface area contributed by atoms with Gasteiger partial charge >= 0.3 is 6.09 Å². The molecule has 1 aromatic rings. The van der Waals surface area contributed by atoms with Gasteiger partial charge in [0.1, 0.15) is 5.60 Å². The number of amides is 1. The summed E-state index contributed by atoms with van der Waals surface area (Å²) in [5.74, 6) is 0.622. The zero-order chi connectivity index (χ0) is 23.4. The number of hydrogen-bond donors (Lipinski definition) is 1. The van der Waals surface area contributed by atoms with Crippen LogP contribution in [0.2, 0.25) is 0 Å². The molecule has 0 bridgehead atoms. The highest BCUT2D eigenvalue weighted by molar-refractivity contribution is 7.78. The highest BCUT2D eigenvalue weighted by Crippen LogP contribution is 2.33. The largest absolute Gasteiger partial charge is 0.772 e. The van der Waals surface area contributed by atoms with E-state index in [2.05, 4.69) is 4.90 Å². The van der Waals surface area contributed by atoms with Crippen LogP contribution in [0.3, 0.4) is 0 Å². The van der Waals surface area contributed by atoms with Gasteiger partial charge in [0.15, 0.2) is 0 Å². The third kappa shape index (κ3) is 7.27. The number of rotatable bonds is 6. The number of nitrogens with zero attached hydrogens (tertiary/aromatic N) is 2. The van der Waals surface area contributed by atoms with Crippen molar-refractivity contribution in [2.75, 3.05) is 32.7 Å². The van der Waals surface area contributed by atoms with Crippen LogP contribution in [0.25, 0.3) is 0 Å². The molecule has 0 saturated carbocycles. The first kappa shape index (κ1) is 25.1. The van der Waals surface area contributed by atoms with Gasteiger partial charge in [-0.2, -0.15) is 0 Å². The predicted molar refractivity (Wildman–Crippen MR) is 124 cm³/mol. The molecule has 3 rings (SSSR count). The Hall–Kier alpha value is -1.48. The quantitative estimate of drug-likeness (QED) is 0.648. The summed E-state index contributed by atoms with van der Waals surface area (Å²) in [6.45, 7) is 9.91. The SMILES string of the molecule is CC(C)(C)OC(=O)N1CCC(CCN2CCC(O)(c3ccc(CS(=O)[O-])cc3)CC2)CC1. The van der Waals surface area contributed by atoms with Crippen LogP contribution in [-0.4, -0.2) is 68.1 Å². The van der Waals surface area contributed by atoms with Crippen molar-refractivity contribution in [3.63, 3.8) is 0 Å². The third-order valence-electron chi connectivity index (χ3n) is 6.58. The average Bonchev–Trinajstić information content (AvgIpc) is 2.72. The molecule has 32 heavy (non-hydrogen) atoms. The van der Waals surface area contributed by atoms with Gasteiger partial charge in [-0.3, -0.25) is 4.21 Å². The molecular formula is C24H37N2O5S-. The number of likely N-dealkylation sites (tertiary alicyclic amines) is 2. The summed E-state index contributed by atoms with van der Waals surface area (Å²) in [4.78, 5) is 16.5. The van der Waals surface area contributed by atoms with Crippen molar-refractivity contribution >= 4 is 17.2 Å². The number of carbonyl (C=O) groups excluding carboxylic acids is 1. The van der Waals surface area contributed by atoms with E-state index in [4.69, 9.17) is 4.74 Å². The molecule has 2 fully saturated rings. The fourth-order valence-electron chi connectivity index (χ4n) is 4.58. The van der Waals surface area contributed by atoms with Crippen LogP contribution in [0.1, 0.15) is 64.0 Å². The van der Waals surface area contributed by atoms with Crippen LogP contribution in [0.5, 0.6) is 0 Å². The van der Waals surface area contributed by atoms with Crippen LogP contribution in [-0.2, 0) is 27.2 Å². The van der Waals surface area contributed by atoms with Crippen molar-refractivity contribution in [1.82, 2.24) is 9.80 Å². The van der Waals surface area contributed by atoms with Gasteiger partial charge in [0.2, 0.25) is 0 Å². The molecular weight excluding hydrogens is 428 g/mol. The van der Waals surface area contributed by atoms with E-state index in [0.717, 1.165) is 63.1 Å². The fraction of sp³-hybridized carbons (Fsp3) is 0.708. The van der Waals surface area contributed by atoms with Gasteiger partial charge in [-0.1, -0.05) is 35.3 Å². The van der Waals surface area contributed by atoms with E-state index in [-0.39, 0.29) is 11.8 Å². The lowest BCUT2D eigenvalue weighted by molar-refractivity contribution is -0.0272. The lowest BCUT2D eigenvalue weighted by Gasteiger charge is -2.39. The number of carbonyl (C=O) groups is 1. The van der Waals surface area contributed by atoms with Crippen molar-refractivity contribution in [1.29, 1.82) is 0 Å². The minimum atomic E-state index is -2.10. The number of hydrogen-bond acceptors (Lipinski definition) is 6. The Kier molecular flexibility index (Phi) is 8.36. The average molecular weight is 466 g/mol. The summed E-state index contributed by atoms with van der Waals surface area (Å²) < 4.78 is 27.2. The molecule has 1 amide bonds. The van der Waals surface area contributed by atoms with Crippen molar-refractivity contribution in [2.45, 2.75) is 69.8 Å². The first-order valence-electron chi connectivity index (χ1n) is 11.6. The molecule has 8 heteroatoms. The number of ether oxygens (including phenoxy) is 1. The Labute approximate surface area is 194 Å². The Morgan fingerprint density at radius 3 is 2.28 bits per heavy atom. The second kappa shape index (κ2) is 10.6. The van der Waals surface area contributed by atoms with E-state index in [1.54, 1.807) is 12.1 Å². The van der Waals surface area contributed by atoms with Gasteiger partial charge in [0, 0.05) is 31.9 Å². The van der Waals surface area contributed by atoms with Crippen molar-refractivity contribution in [2.24, 2.45) is 5.92 Å². The molecule has 1 aromatic carbocycles. The highest BCUT2D eigenvalue weighted by atomic mass is 32.2. The van der Waals surface area contributed by atoms with Crippen molar-refractivity contribution in [3.05, 3.63) is 35.4 Å². The molecule has 2 aliphatic rings. The van der Waals surface area contributed by atoms with Crippen molar-refractivity contribution < 1.29 is 23.4 Å². The molecule has 2 saturated heterocycles. The van der Waals surface area contributed by atoms with E-state index in [1.165, 1.54) is 0 Å².